The van der Waals surface area contributed by atoms with E-state index in [0.29, 0.717) is 25.3 Å². The lowest BCUT2D eigenvalue weighted by atomic mass is 10.1. The van der Waals surface area contributed by atoms with Gasteiger partial charge in [0.25, 0.3) is 0 Å². The van der Waals surface area contributed by atoms with Gasteiger partial charge in [-0.05, 0) is 36.5 Å². The number of carbonyl (C=O) groups excluding carboxylic acids is 1. The Morgan fingerprint density at radius 3 is 2.53 bits per heavy atom. The van der Waals surface area contributed by atoms with Crippen LogP contribution in [-0.2, 0) is 11.2 Å². The van der Waals surface area contributed by atoms with E-state index in [1.807, 2.05) is 24.3 Å². The van der Waals surface area contributed by atoms with E-state index in [0.717, 1.165) is 16.5 Å². The molecule has 0 bridgehead atoms. The zero-order valence-electron chi connectivity index (χ0n) is 11.5. The molecule has 0 fully saturated rings. The fraction of sp³-hybridized carbons (Fsp3) is 0.533. The number of benzene rings is 1. The average Bonchev–Trinajstić information content (AvgIpc) is 2.35. The highest BCUT2D eigenvalue weighted by Gasteiger charge is 2.09. The number of carbonyl (C=O) groups is 1. The summed E-state index contributed by atoms with van der Waals surface area (Å²) in [6.45, 7) is 4.45. The Hall–Kier alpha value is -0.870. The Kier molecular flexibility index (Phi) is 7.10. The highest BCUT2D eigenvalue weighted by atomic mass is 79.9. The van der Waals surface area contributed by atoms with Crippen molar-refractivity contribution < 1.29 is 9.90 Å². The summed E-state index contributed by atoms with van der Waals surface area (Å²) in [5, 5.41) is 12.4. The van der Waals surface area contributed by atoms with Crippen molar-refractivity contribution in [3.63, 3.8) is 0 Å². The average molecular weight is 328 g/mol. The molecule has 1 aromatic rings. The Balaban J connectivity index is 2.22. The molecular weight excluding hydrogens is 306 g/mol. The van der Waals surface area contributed by atoms with E-state index in [2.05, 4.69) is 35.1 Å². The van der Waals surface area contributed by atoms with Gasteiger partial charge in [-0.2, -0.15) is 0 Å². The van der Waals surface area contributed by atoms with Gasteiger partial charge in [0.15, 0.2) is 0 Å². The molecule has 0 saturated carbocycles. The highest BCUT2D eigenvalue weighted by Crippen LogP contribution is 2.11. The fourth-order valence-corrected chi connectivity index (χ4v) is 2.12. The van der Waals surface area contributed by atoms with Crippen LogP contribution in [0.5, 0.6) is 0 Å². The molecule has 2 N–H and O–H groups in total. The SMILES string of the molecule is CC(C)CC(O)CNC(=O)CCc1ccc(Br)cc1. The number of halogens is 1. The molecule has 1 aromatic carbocycles. The van der Waals surface area contributed by atoms with Crippen molar-refractivity contribution in [3.8, 4) is 0 Å². The summed E-state index contributed by atoms with van der Waals surface area (Å²) in [5.41, 5.74) is 1.14. The molecule has 0 aliphatic carbocycles. The Labute approximate surface area is 123 Å². The summed E-state index contributed by atoms with van der Waals surface area (Å²) < 4.78 is 1.04. The summed E-state index contributed by atoms with van der Waals surface area (Å²) in [6, 6.07) is 7.95. The lowest BCUT2D eigenvalue weighted by molar-refractivity contribution is -0.121. The molecule has 1 rings (SSSR count). The molecule has 4 heteroatoms. The third-order valence-electron chi connectivity index (χ3n) is 2.83. The standard InChI is InChI=1S/C15H22BrNO2/c1-11(2)9-14(18)10-17-15(19)8-5-12-3-6-13(16)7-4-12/h3-4,6-7,11,14,18H,5,8-10H2,1-2H3,(H,17,19). The molecule has 106 valence electrons. The topological polar surface area (TPSA) is 49.3 Å². The maximum absolute atomic E-state index is 11.6. The van der Waals surface area contributed by atoms with Crippen molar-refractivity contribution in [2.45, 2.75) is 39.2 Å². The van der Waals surface area contributed by atoms with Crippen molar-refractivity contribution >= 4 is 21.8 Å². The lowest BCUT2D eigenvalue weighted by Gasteiger charge is -2.13. The second-order valence-electron chi connectivity index (χ2n) is 5.21. The van der Waals surface area contributed by atoms with Crippen LogP contribution in [-0.4, -0.2) is 23.7 Å². The second-order valence-corrected chi connectivity index (χ2v) is 6.13. The second kappa shape index (κ2) is 8.33. The third kappa shape index (κ3) is 7.33. The molecule has 1 atom stereocenters. The number of nitrogens with one attached hydrogen (secondary N) is 1. The zero-order valence-corrected chi connectivity index (χ0v) is 13.1. The number of rotatable bonds is 7. The minimum absolute atomic E-state index is 0.00859. The van der Waals surface area contributed by atoms with Crippen LogP contribution in [0.15, 0.2) is 28.7 Å². The van der Waals surface area contributed by atoms with Crippen LogP contribution in [0.2, 0.25) is 0 Å². The van der Waals surface area contributed by atoms with E-state index in [1.54, 1.807) is 0 Å². The molecule has 19 heavy (non-hydrogen) atoms. The van der Waals surface area contributed by atoms with Gasteiger partial charge in [-0.3, -0.25) is 4.79 Å². The van der Waals surface area contributed by atoms with Crippen molar-refractivity contribution in [3.05, 3.63) is 34.3 Å². The van der Waals surface area contributed by atoms with Crippen LogP contribution in [0, 0.1) is 5.92 Å². The van der Waals surface area contributed by atoms with Crippen molar-refractivity contribution in [2.24, 2.45) is 5.92 Å². The number of hydrogen-bond donors (Lipinski definition) is 2. The first-order chi connectivity index (χ1) is 8.97. The molecule has 0 aliphatic heterocycles. The number of aryl methyl sites for hydroxylation is 1. The minimum atomic E-state index is -0.448. The molecule has 1 amide bonds. The smallest absolute Gasteiger partial charge is 0.220 e. The maximum Gasteiger partial charge on any atom is 0.220 e. The Morgan fingerprint density at radius 2 is 1.95 bits per heavy atom. The highest BCUT2D eigenvalue weighted by molar-refractivity contribution is 9.10. The van der Waals surface area contributed by atoms with E-state index >= 15 is 0 Å². The molecule has 0 heterocycles. The predicted molar refractivity (Wildman–Crippen MR) is 80.9 cm³/mol. The monoisotopic (exact) mass is 327 g/mol. The molecule has 0 radical (unpaired) electrons. The normalized spacial score (nSPS) is 12.5. The number of amides is 1. The number of aliphatic hydroxyl groups is 1. The molecule has 0 saturated heterocycles. The molecular formula is C15H22BrNO2. The van der Waals surface area contributed by atoms with Gasteiger partial charge in [0, 0.05) is 17.4 Å². The van der Waals surface area contributed by atoms with E-state index < -0.39 is 6.10 Å². The molecule has 0 aromatic heterocycles. The van der Waals surface area contributed by atoms with Gasteiger partial charge in [-0.1, -0.05) is 41.9 Å². The van der Waals surface area contributed by atoms with Crippen LogP contribution in [0.1, 0.15) is 32.3 Å². The van der Waals surface area contributed by atoms with Gasteiger partial charge in [0.1, 0.15) is 0 Å². The van der Waals surface area contributed by atoms with E-state index in [4.69, 9.17) is 0 Å². The van der Waals surface area contributed by atoms with E-state index in [1.165, 1.54) is 0 Å². The third-order valence-corrected chi connectivity index (χ3v) is 3.36. The number of hydrogen-bond acceptors (Lipinski definition) is 2. The predicted octanol–water partition coefficient (Wildman–Crippen LogP) is 2.90. The van der Waals surface area contributed by atoms with E-state index in [-0.39, 0.29) is 5.91 Å². The van der Waals surface area contributed by atoms with Gasteiger partial charge in [0.2, 0.25) is 5.91 Å². The summed E-state index contributed by atoms with van der Waals surface area (Å²) in [7, 11) is 0. The first kappa shape index (κ1) is 16.2. The molecule has 0 spiro atoms. The Bertz CT molecular complexity index is 390. The van der Waals surface area contributed by atoms with Crippen molar-refractivity contribution in [2.75, 3.05) is 6.54 Å². The van der Waals surface area contributed by atoms with Crippen LogP contribution in [0.25, 0.3) is 0 Å². The first-order valence-electron chi connectivity index (χ1n) is 6.66. The van der Waals surface area contributed by atoms with E-state index in [9.17, 15) is 9.90 Å². The molecule has 1 unspecified atom stereocenters. The summed E-state index contributed by atoms with van der Waals surface area (Å²) in [4.78, 5) is 11.6. The van der Waals surface area contributed by atoms with Gasteiger partial charge in [-0.15, -0.1) is 0 Å². The van der Waals surface area contributed by atoms with Crippen LogP contribution in [0.3, 0.4) is 0 Å². The minimum Gasteiger partial charge on any atom is -0.391 e. The van der Waals surface area contributed by atoms with Gasteiger partial charge >= 0.3 is 0 Å². The van der Waals surface area contributed by atoms with Crippen LogP contribution in [0.4, 0.5) is 0 Å². The van der Waals surface area contributed by atoms with Crippen molar-refractivity contribution in [1.29, 1.82) is 0 Å². The summed E-state index contributed by atoms with van der Waals surface area (Å²) in [6.07, 6.45) is 1.44. The fourth-order valence-electron chi connectivity index (χ4n) is 1.86. The molecule has 0 aliphatic rings. The summed E-state index contributed by atoms with van der Waals surface area (Å²) >= 11 is 3.38. The van der Waals surface area contributed by atoms with Gasteiger partial charge < -0.3 is 10.4 Å². The summed E-state index contributed by atoms with van der Waals surface area (Å²) in [5.74, 6) is 0.431. The van der Waals surface area contributed by atoms with Crippen molar-refractivity contribution in [1.82, 2.24) is 5.32 Å². The first-order valence-corrected chi connectivity index (χ1v) is 7.46. The number of aliphatic hydroxyl groups excluding tert-OH is 1. The zero-order chi connectivity index (χ0) is 14.3. The lowest BCUT2D eigenvalue weighted by Crippen LogP contribution is -2.32. The van der Waals surface area contributed by atoms with Gasteiger partial charge in [-0.25, -0.2) is 0 Å². The quantitative estimate of drug-likeness (QED) is 0.809. The Morgan fingerprint density at radius 1 is 1.32 bits per heavy atom. The van der Waals surface area contributed by atoms with Crippen LogP contribution < -0.4 is 5.32 Å². The maximum atomic E-state index is 11.6. The van der Waals surface area contributed by atoms with Crippen LogP contribution >= 0.6 is 15.9 Å². The molecule has 3 nitrogen and oxygen atoms in total. The van der Waals surface area contributed by atoms with Gasteiger partial charge in [0.05, 0.1) is 6.10 Å². The largest absolute Gasteiger partial charge is 0.391 e.